The normalized spacial score (nSPS) is 16.5. The van der Waals surface area contributed by atoms with E-state index < -0.39 is 30.2 Å². The predicted molar refractivity (Wildman–Crippen MR) is 156 cm³/mol. The van der Waals surface area contributed by atoms with Crippen LogP contribution in [0.4, 0.5) is 0 Å². The zero-order valence-electron chi connectivity index (χ0n) is 21.9. The molecule has 39 heavy (non-hydrogen) atoms. The van der Waals surface area contributed by atoms with Crippen molar-refractivity contribution in [2.24, 2.45) is 0 Å². The summed E-state index contributed by atoms with van der Waals surface area (Å²) in [5, 5.41) is 2.47. The quantitative estimate of drug-likeness (QED) is 0.198. The Morgan fingerprint density at radius 2 is 1.23 bits per heavy atom. The second kappa shape index (κ2) is 10.9. The lowest BCUT2D eigenvalue weighted by Gasteiger charge is -2.37. The van der Waals surface area contributed by atoms with Crippen molar-refractivity contribution < 1.29 is 23.9 Å². The monoisotopic (exact) mass is 536 g/mol. The molecule has 0 spiro atoms. The molecular weight excluding hydrogens is 507 g/mol. The van der Waals surface area contributed by atoms with Crippen molar-refractivity contribution in [3.05, 3.63) is 126 Å². The fourth-order valence-corrected chi connectivity index (χ4v) is 9.69. The van der Waals surface area contributed by atoms with Gasteiger partial charge in [0, 0.05) is 6.42 Å². The number of Topliss-reactive ketones (excluding diaryl/α,β-unsaturated/α-hetero) is 1. The fourth-order valence-electron chi connectivity index (χ4n) is 5.28. The lowest BCUT2D eigenvalue weighted by Crippen LogP contribution is -2.52. The van der Waals surface area contributed by atoms with Crippen LogP contribution in [0.2, 0.25) is 0 Å². The molecule has 0 bridgehead atoms. The first-order valence-corrected chi connectivity index (χ1v) is 14.7. The van der Waals surface area contributed by atoms with E-state index in [1.165, 1.54) is 0 Å². The Balaban J connectivity index is 1.92. The number of hydrogen-bond donors (Lipinski definition) is 0. The summed E-state index contributed by atoms with van der Waals surface area (Å²) in [5.41, 5.74) is -0.469. The van der Waals surface area contributed by atoms with Crippen LogP contribution in [0, 0.1) is 0 Å². The Morgan fingerprint density at radius 3 is 1.72 bits per heavy atom. The first-order chi connectivity index (χ1) is 18.9. The average molecular weight is 537 g/mol. The summed E-state index contributed by atoms with van der Waals surface area (Å²) in [7, 11) is 0. The Bertz CT molecular complexity index is 1480. The zero-order chi connectivity index (χ0) is 27.5. The molecule has 1 aliphatic rings. The number of carbonyl (C=O) groups excluding carboxylic acids is 3. The molecule has 1 aliphatic heterocycles. The van der Waals surface area contributed by atoms with E-state index in [2.05, 4.69) is 0 Å². The third-order valence-corrected chi connectivity index (χ3v) is 11.3. The maximum Gasteiger partial charge on any atom is 0.342 e. The third-order valence-electron chi connectivity index (χ3n) is 7.01. The molecule has 4 aromatic rings. The molecule has 5 rings (SSSR count). The van der Waals surface area contributed by atoms with Crippen molar-refractivity contribution >= 4 is 45.8 Å². The van der Waals surface area contributed by atoms with Crippen molar-refractivity contribution in [2.75, 3.05) is 6.61 Å². The molecule has 4 aromatic carbocycles. The van der Waals surface area contributed by atoms with Gasteiger partial charge >= 0.3 is 11.9 Å². The molecule has 196 valence electrons. The number of benzene rings is 4. The van der Waals surface area contributed by atoms with E-state index in [1.807, 2.05) is 103 Å². The highest BCUT2D eigenvalue weighted by Crippen LogP contribution is 2.48. The summed E-state index contributed by atoms with van der Waals surface area (Å²) in [6.07, 6.45) is 0.148. The number of esters is 2. The molecule has 0 aromatic heterocycles. The molecule has 0 amide bonds. The highest BCUT2D eigenvalue weighted by atomic mass is 31.2. The van der Waals surface area contributed by atoms with Crippen molar-refractivity contribution in [1.29, 1.82) is 0 Å². The van der Waals surface area contributed by atoms with E-state index in [1.54, 1.807) is 26.0 Å². The summed E-state index contributed by atoms with van der Waals surface area (Å²) in [4.78, 5) is 42.0. The Kier molecular flexibility index (Phi) is 7.36. The third kappa shape index (κ3) is 4.64. The number of ketones is 1. The van der Waals surface area contributed by atoms with Gasteiger partial charge in [0.1, 0.15) is 5.29 Å². The van der Waals surface area contributed by atoms with Crippen LogP contribution >= 0.6 is 6.89 Å². The number of rotatable bonds is 7. The standard InChI is InChI=1S/C33H29O5P/c1-3-37-32(36)29(30(34)33(2)23-24-15-13-14-22-28(24)31(35)38-33)39(25-16-7-4-8-17-25,26-18-9-5-10-19-26)27-20-11-6-12-21-27/h4-22H,3,23H2,1-2H3/t33-/m0/s1. The molecule has 0 saturated carbocycles. The molecule has 0 N–H and O–H groups in total. The van der Waals surface area contributed by atoms with E-state index in [0.29, 0.717) is 11.1 Å². The summed E-state index contributed by atoms with van der Waals surface area (Å²) in [6, 6.07) is 35.9. The second-order valence-corrected chi connectivity index (χ2v) is 12.9. The van der Waals surface area contributed by atoms with E-state index in [-0.39, 0.29) is 18.3 Å². The van der Waals surface area contributed by atoms with Gasteiger partial charge < -0.3 is 9.47 Å². The molecule has 5 nitrogen and oxygen atoms in total. The summed E-state index contributed by atoms with van der Waals surface area (Å²) >= 11 is 0. The van der Waals surface area contributed by atoms with Crippen LogP contribution in [0.25, 0.3) is 0 Å². The molecule has 0 fully saturated rings. The van der Waals surface area contributed by atoms with Crippen LogP contribution in [0.3, 0.4) is 0 Å². The van der Waals surface area contributed by atoms with E-state index >= 15 is 0 Å². The number of ether oxygens (including phenoxy) is 2. The summed E-state index contributed by atoms with van der Waals surface area (Å²) in [5.74, 6) is -1.84. The van der Waals surface area contributed by atoms with Gasteiger partial charge in [-0.05, 0) is 48.3 Å². The number of carbonyl (C=O) groups is 3. The van der Waals surface area contributed by atoms with Crippen LogP contribution < -0.4 is 15.9 Å². The van der Waals surface area contributed by atoms with Gasteiger partial charge in [0.05, 0.1) is 12.2 Å². The highest BCUT2D eigenvalue weighted by Gasteiger charge is 2.49. The van der Waals surface area contributed by atoms with Gasteiger partial charge in [-0.1, -0.05) is 109 Å². The molecular formula is C33H29O5P. The Labute approximate surface area is 228 Å². The molecule has 6 heteroatoms. The van der Waals surface area contributed by atoms with Gasteiger partial charge in [0.2, 0.25) is 5.78 Å². The van der Waals surface area contributed by atoms with Crippen molar-refractivity contribution in [2.45, 2.75) is 25.9 Å². The summed E-state index contributed by atoms with van der Waals surface area (Å²) in [6.45, 7) is 0.283. The lowest BCUT2D eigenvalue weighted by atomic mass is 9.86. The average Bonchev–Trinajstić information content (AvgIpc) is 2.97. The van der Waals surface area contributed by atoms with Gasteiger partial charge in [-0.25, -0.2) is 9.59 Å². The van der Waals surface area contributed by atoms with Gasteiger partial charge in [-0.15, -0.1) is 0 Å². The van der Waals surface area contributed by atoms with Gasteiger partial charge in [0.15, 0.2) is 5.60 Å². The van der Waals surface area contributed by atoms with E-state index in [9.17, 15) is 14.4 Å². The summed E-state index contributed by atoms with van der Waals surface area (Å²) < 4.78 is 11.5. The van der Waals surface area contributed by atoms with Crippen molar-refractivity contribution in [3.63, 3.8) is 0 Å². The maximum absolute atomic E-state index is 14.9. The first-order valence-electron chi connectivity index (χ1n) is 12.9. The van der Waals surface area contributed by atoms with E-state index in [0.717, 1.165) is 15.9 Å². The topological polar surface area (TPSA) is 69.7 Å². The molecule has 0 unspecified atom stereocenters. The smallest absolute Gasteiger partial charge is 0.342 e. The minimum Gasteiger partial charge on any atom is -0.462 e. The van der Waals surface area contributed by atoms with Crippen molar-refractivity contribution in [3.8, 4) is 0 Å². The van der Waals surface area contributed by atoms with E-state index in [4.69, 9.17) is 9.47 Å². The van der Waals surface area contributed by atoms with Gasteiger partial charge in [0.25, 0.3) is 0 Å². The SMILES string of the molecule is CCOC(=O)C(C(=O)[C@]1(C)Cc2ccccc2C(=O)O1)=P(c1ccccc1)(c1ccccc1)c1ccccc1. The van der Waals surface area contributed by atoms with Crippen LogP contribution in [0.5, 0.6) is 0 Å². The number of hydrogen-bond acceptors (Lipinski definition) is 5. The number of cyclic esters (lactones) is 1. The fraction of sp³-hybridized carbons (Fsp3) is 0.152. The zero-order valence-corrected chi connectivity index (χ0v) is 22.8. The molecule has 1 atom stereocenters. The van der Waals surface area contributed by atoms with Crippen LogP contribution in [-0.2, 0) is 25.5 Å². The lowest BCUT2D eigenvalue weighted by molar-refractivity contribution is -0.138. The molecule has 1 heterocycles. The predicted octanol–water partition coefficient (Wildman–Crippen LogP) is 4.46. The number of fused-ring (bicyclic) bond motifs is 1. The molecule has 0 radical (unpaired) electrons. The van der Waals surface area contributed by atoms with Crippen LogP contribution in [0.15, 0.2) is 115 Å². The highest BCUT2D eigenvalue weighted by molar-refractivity contribution is 7.97. The Morgan fingerprint density at radius 1 is 0.769 bits per heavy atom. The largest absolute Gasteiger partial charge is 0.462 e. The Hall–Kier alpha value is -4.21. The van der Waals surface area contributed by atoms with Crippen LogP contribution in [0.1, 0.15) is 29.8 Å². The minimum atomic E-state index is -3.12. The maximum atomic E-state index is 14.9. The van der Waals surface area contributed by atoms with Gasteiger partial charge in [-0.3, -0.25) is 4.79 Å². The van der Waals surface area contributed by atoms with Gasteiger partial charge in [-0.2, -0.15) is 0 Å². The molecule has 0 saturated heterocycles. The second-order valence-electron chi connectivity index (χ2n) is 9.53. The molecule has 0 aliphatic carbocycles. The first kappa shape index (κ1) is 26.4. The minimum absolute atomic E-state index is 0.00244. The van der Waals surface area contributed by atoms with Crippen LogP contribution in [-0.4, -0.2) is 35.2 Å². The van der Waals surface area contributed by atoms with Crippen molar-refractivity contribution in [1.82, 2.24) is 0 Å².